The van der Waals surface area contributed by atoms with Crippen LogP contribution in [0.2, 0.25) is 0 Å². The topological polar surface area (TPSA) is 72.1 Å². The molecule has 6 heteroatoms. The third-order valence-electron chi connectivity index (χ3n) is 5.21. The van der Waals surface area contributed by atoms with E-state index in [1.54, 1.807) is 0 Å². The molecule has 1 aliphatic carbocycles. The molecule has 2 atom stereocenters. The van der Waals surface area contributed by atoms with Gasteiger partial charge in [0.25, 0.3) is 0 Å². The highest BCUT2D eigenvalue weighted by molar-refractivity contribution is 7.19. The zero-order chi connectivity index (χ0) is 16.1. The Balaban J connectivity index is 1.85. The number of aryl methyl sites for hydroxylation is 3. The van der Waals surface area contributed by atoms with E-state index in [0.29, 0.717) is 12.6 Å². The Bertz CT molecular complexity index is 784. The summed E-state index contributed by atoms with van der Waals surface area (Å²) < 4.78 is 0. The van der Waals surface area contributed by atoms with E-state index < -0.39 is 0 Å². The number of carbonyl (C=O) groups excluding carboxylic acids is 1. The maximum Gasteiger partial charge on any atom is 0.222 e. The number of aromatic nitrogens is 2. The molecule has 2 aliphatic rings. The minimum atomic E-state index is -0.195. The molecule has 0 spiro atoms. The van der Waals surface area contributed by atoms with Gasteiger partial charge in [-0.3, -0.25) is 4.79 Å². The zero-order valence-corrected chi connectivity index (χ0v) is 14.4. The van der Waals surface area contributed by atoms with E-state index in [2.05, 4.69) is 16.8 Å². The van der Waals surface area contributed by atoms with Crippen molar-refractivity contribution in [2.24, 2.45) is 11.7 Å². The van der Waals surface area contributed by atoms with Gasteiger partial charge in [-0.25, -0.2) is 9.97 Å². The maximum atomic E-state index is 11.7. The van der Waals surface area contributed by atoms with Gasteiger partial charge in [0.2, 0.25) is 5.91 Å². The molecule has 2 N–H and O–H groups in total. The number of piperidine rings is 1. The molecule has 2 aromatic rings. The third kappa shape index (κ3) is 2.40. The number of thiophene rings is 1. The number of anilines is 1. The highest BCUT2D eigenvalue weighted by atomic mass is 32.1. The van der Waals surface area contributed by atoms with Crippen LogP contribution in [-0.2, 0) is 17.6 Å². The van der Waals surface area contributed by atoms with Crippen LogP contribution in [-0.4, -0.2) is 28.5 Å². The van der Waals surface area contributed by atoms with Crippen molar-refractivity contribution >= 4 is 33.3 Å². The Morgan fingerprint density at radius 3 is 2.91 bits per heavy atom. The van der Waals surface area contributed by atoms with Gasteiger partial charge in [-0.15, -0.1) is 11.3 Å². The number of rotatable bonds is 2. The van der Waals surface area contributed by atoms with E-state index >= 15 is 0 Å². The molecule has 122 valence electrons. The quantitative estimate of drug-likeness (QED) is 0.918. The summed E-state index contributed by atoms with van der Waals surface area (Å²) in [5.41, 5.74) is 7.01. The van der Waals surface area contributed by atoms with Gasteiger partial charge < -0.3 is 10.6 Å². The van der Waals surface area contributed by atoms with Gasteiger partial charge in [0.05, 0.1) is 11.3 Å². The van der Waals surface area contributed by atoms with Crippen molar-refractivity contribution < 1.29 is 4.79 Å². The average molecular weight is 330 g/mol. The lowest BCUT2D eigenvalue weighted by Gasteiger charge is -2.38. The highest BCUT2D eigenvalue weighted by Gasteiger charge is 2.32. The van der Waals surface area contributed by atoms with E-state index in [-0.39, 0.29) is 11.8 Å². The molecule has 2 aromatic heterocycles. The van der Waals surface area contributed by atoms with Crippen molar-refractivity contribution in [1.82, 2.24) is 9.97 Å². The molecular formula is C17H22N4OS. The first-order chi connectivity index (χ1) is 11.0. The fourth-order valence-electron chi connectivity index (χ4n) is 3.92. The summed E-state index contributed by atoms with van der Waals surface area (Å²) in [6.45, 7) is 4.84. The second-order valence-electron chi connectivity index (χ2n) is 6.81. The molecule has 1 fully saturated rings. The van der Waals surface area contributed by atoms with E-state index in [4.69, 9.17) is 10.7 Å². The Kier molecular flexibility index (Phi) is 3.52. The standard InChI is InChI=1S/C17H22N4OS/c1-9-6-7-11(15(18)22)8-21(9)16-14-12-4-3-5-13(12)23-17(14)20-10(2)19-16/h9,11H,3-8H2,1-2H3,(H2,18,22). The lowest BCUT2D eigenvalue weighted by molar-refractivity contribution is -0.122. The Labute approximate surface area is 139 Å². The van der Waals surface area contributed by atoms with Gasteiger partial charge in [-0.05, 0) is 51.5 Å². The lowest BCUT2D eigenvalue weighted by atomic mass is 9.92. The first kappa shape index (κ1) is 14.9. The minimum absolute atomic E-state index is 0.0804. The molecule has 4 rings (SSSR count). The molecule has 0 radical (unpaired) electrons. The molecule has 1 aliphatic heterocycles. The van der Waals surface area contributed by atoms with Crippen LogP contribution in [0, 0.1) is 12.8 Å². The molecular weight excluding hydrogens is 308 g/mol. The van der Waals surface area contributed by atoms with Gasteiger partial charge in [-0.2, -0.15) is 0 Å². The summed E-state index contributed by atoms with van der Waals surface area (Å²) in [5.74, 6) is 1.55. The number of fused-ring (bicyclic) bond motifs is 3. The van der Waals surface area contributed by atoms with Crippen LogP contribution >= 0.6 is 11.3 Å². The van der Waals surface area contributed by atoms with Gasteiger partial charge in [0.15, 0.2) is 0 Å². The number of nitrogens with zero attached hydrogens (tertiary/aromatic N) is 3. The van der Waals surface area contributed by atoms with E-state index in [0.717, 1.165) is 42.2 Å². The predicted molar refractivity (Wildman–Crippen MR) is 92.9 cm³/mol. The Morgan fingerprint density at radius 1 is 1.30 bits per heavy atom. The molecule has 23 heavy (non-hydrogen) atoms. The van der Waals surface area contributed by atoms with Crippen LogP contribution in [0.5, 0.6) is 0 Å². The largest absolute Gasteiger partial charge is 0.369 e. The first-order valence-corrected chi connectivity index (χ1v) is 9.21. The number of carbonyl (C=O) groups is 1. The summed E-state index contributed by atoms with van der Waals surface area (Å²) in [7, 11) is 0. The van der Waals surface area contributed by atoms with Crippen molar-refractivity contribution in [2.45, 2.75) is 52.0 Å². The zero-order valence-electron chi connectivity index (χ0n) is 13.6. The number of primary amides is 1. The van der Waals surface area contributed by atoms with Crippen LogP contribution in [0.25, 0.3) is 10.2 Å². The van der Waals surface area contributed by atoms with Crippen molar-refractivity contribution in [2.75, 3.05) is 11.4 Å². The maximum absolute atomic E-state index is 11.7. The Hall–Kier alpha value is -1.69. The van der Waals surface area contributed by atoms with Crippen LogP contribution in [0.1, 0.15) is 42.5 Å². The molecule has 3 heterocycles. The summed E-state index contributed by atoms with van der Waals surface area (Å²) in [4.78, 5) is 26.0. The van der Waals surface area contributed by atoms with Crippen LogP contribution in [0.3, 0.4) is 0 Å². The highest BCUT2D eigenvalue weighted by Crippen LogP contribution is 2.42. The van der Waals surface area contributed by atoms with Crippen molar-refractivity contribution in [3.63, 3.8) is 0 Å². The first-order valence-electron chi connectivity index (χ1n) is 8.39. The fraction of sp³-hybridized carbons (Fsp3) is 0.588. The van der Waals surface area contributed by atoms with Gasteiger partial charge in [0, 0.05) is 17.5 Å². The van der Waals surface area contributed by atoms with Crippen LogP contribution < -0.4 is 10.6 Å². The summed E-state index contributed by atoms with van der Waals surface area (Å²) in [6, 6.07) is 0.375. The normalized spacial score (nSPS) is 24.2. The number of hydrogen-bond acceptors (Lipinski definition) is 5. The second kappa shape index (κ2) is 5.44. The van der Waals surface area contributed by atoms with Crippen LogP contribution in [0.4, 0.5) is 5.82 Å². The van der Waals surface area contributed by atoms with Crippen molar-refractivity contribution in [3.05, 3.63) is 16.3 Å². The van der Waals surface area contributed by atoms with Gasteiger partial charge in [-0.1, -0.05) is 0 Å². The average Bonchev–Trinajstić information content (AvgIpc) is 3.06. The Morgan fingerprint density at radius 2 is 2.13 bits per heavy atom. The number of nitrogens with two attached hydrogens (primary N) is 1. The molecule has 0 saturated carbocycles. The fourth-order valence-corrected chi connectivity index (χ4v) is 5.22. The summed E-state index contributed by atoms with van der Waals surface area (Å²) in [5, 5.41) is 1.23. The van der Waals surface area contributed by atoms with Crippen LogP contribution in [0.15, 0.2) is 0 Å². The molecule has 0 aromatic carbocycles. The summed E-state index contributed by atoms with van der Waals surface area (Å²) in [6.07, 6.45) is 5.36. The molecule has 1 saturated heterocycles. The predicted octanol–water partition coefficient (Wildman–Crippen LogP) is 2.58. The summed E-state index contributed by atoms with van der Waals surface area (Å²) >= 11 is 1.82. The van der Waals surface area contributed by atoms with Crippen molar-refractivity contribution in [1.29, 1.82) is 0 Å². The van der Waals surface area contributed by atoms with Gasteiger partial charge in [0.1, 0.15) is 16.5 Å². The molecule has 1 amide bonds. The molecule has 5 nitrogen and oxygen atoms in total. The van der Waals surface area contributed by atoms with E-state index in [9.17, 15) is 4.79 Å². The number of amides is 1. The van der Waals surface area contributed by atoms with E-state index in [1.165, 1.54) is 22.2 Å². The molecule has 2 unspecified atom stereocenters. The smallest absolute Gasteiger partial charge is 0.222 e. The SMILES string of the molecule is Cc1nc(N2CC(C(N)=O)CCC2C)c2c3c(sc2n1)CCC3. The van der Waals surface area contributed by atoms with E-state index in [1.807, 2.05) is 18.3 Å². The number of hydrogen-bond donors (Lipinski definition) is 1. The monoisotopic (exact) mass is 330 g/mol. The second-order valence-corrected chi connectivity index (χ2v) is 7.89. The molecule has 0 bridgehead atoms. The minimum Gasteiger partial charge on any atom is -0.369 e. The van der Waals surface area contributed by atoms with Gasteiger partial charge >= 0.3 is 0 Å². The lowest BCUT2D eigenvalue weighted by Crippen LogP contribution is -2.46. The van der Waals surface area contributed by atoms with Crippen molar-refractivity contribution in [3.8, 4) is 0 Å². The third-order valence-corrected chi connectivity index (χ3v) is 6.40.